The number of aliphatic hydroxyl groups is 1. The molecule has 0 bridgehead atoms. The Morgan fingerprint density at radius 3 is 1.74 bits per heavy atom. The van der Waals surface area contributed by atoms with Crippen LogP contribution in [0.5, 0.6) is 0 Å². The standard InChI is InChI=1S/C13H15F5O/c1-11(2,7-12(3,19)13(16,17)18)8-4-9(14)6-10(15)5-8/h4-6,19H,7H2,1-3H3. The normalized spacial score (nSPS) is 16.3. The summed E-state index contributed by atoms with van der Waals surface area (Å²) in [6.45, 7) is 3.42. The van der Waals surface area contributed by atoms with E-state index in [-0.39, 0.29) is 5.56 Å². The quantitative estimate of drug-likeness (QED) is 0.832. The maximum atomic E-state index is 13.1. The third-order valence-corrected chi connectivity index (χ3v) is 3.04. The lowest BCUT2D eigenvalue weighted by atomic mass is 9.75. The van der Waals surface area contributed by atoms with Crippen molar-refractivity contribution in [2.45, 2.75) is 44.4 Å². The van der Waals surface area contributed by atoms with E-state index in [1.165, 1.54) is 13.8 Å². The summed E-state index contributed by atoms with van der Waals surface area (Å²) in [7, 11) is 0. The van der Waals surface area contributed by atoms with Crippen LogP contribution in [0.1, 0.15) is 32.8 Å². The van der Waals surface area contributed by atoms with Gasteiger partial charge in [-0.25, -0.2) is 8.78 Å². The number of benzene rings is 1. The van der Waals surface area contributed by atoms with Crippen LogP contribution < -0.4 is 0 Å². The molecule has 1 aromatic rings. The Morgan fingerprint density at radius 1 is 0.947 bits per heavy atom. The van der Waals surface area contributed by atoms with Gasteiger partial charge in [0.25, 0.3) is 0 Å². The van der Waals surface area contributed by atoms with Gasteiger partial charge in [0.15, 0.2) is 5.60 Å². The van der Waals surface area contributed by atoms with Gasteiger partial charge in [-0.1, -0.05) is 13.8 Å². The van der Waals surface area contributed by atoms with Gasteiger partial charge in [-0.15, -0.1) is 0 Å². The van der Waals surface area contributed by atoms with Crippen molar-refractivity contribution in [3.63, 3.8) is 0 Å². The Bertz CT molecular complexity index is 442. The Labute approximate surface area is 108 Å². The zero-order valence-electron chi connectivity index (χ0n) is 10.8. The largest absolute Gasteiger partial charge is 0.416 e. The first kappa shape index (κ1) is 15.9. The van der Waals surface area contributed by atoms with Crippen molar-refractivity contribution in [1.29, 1.82) is 0 Å². The minimum atomic E-state index is -4.81. The van der Waals surface area contributed by atoms with E-state index < -0.39 is 35.2 Å². The molecule has 0 aliphatic rings. The molecule has 0 radical (unpaired) electrons. The fourth-order valence-corrected chi connectivity index (χ4v) is 2.01. The van der Waals surface area contributed by atoms with E-state index in [0.29, 0.717) is 13.0 Å². The highest BCUT2D eigenvalue weighted by atomic mass is 19.4. The first-order valence-corrected chi connectivity index (χ1v) is 5.61. The highest BCUT2D eigenvalue weighted by molar-refractivity contribution is 5.26. The summed E-state index contributed by atoms with van der Waals surface area (Å²) in [4.78, 5) is 0. The Balaban J connectivity index is 3.11. The van der Waals surface area contributed by atoms with Crippen molar-refractivity contribution in [3.05, 3.63) is 35.4 Å². The number of halogens is 5. The molecular formula is C13H15F5O. The Hall–Kier alpha value is -1.17. The van der Waals surface area contributed by atoms with Gasteiger partial charge in [0.05, 0.1) is 0 Å². The average molecular weight is 282 g/mol. The zero-order chi connectivity index (χ0) is 15.1. The molecule has 19 heavy (non-hydrogen) atoms. The van der Waals surface area contributed by atoms with E-state index in [9.17, 15) is 27.1 Å². The SMILES string of the molecule is CC(C)(CC(C)(O)C(F)(F)F)c1cc(F)cc(F)c1. The van der Waals surface area contributed by atoms with Crippen LogP contribution in [0.4, 0.5) is 22.0 Å². The number of hydrogen-bond acceptors (Lipinski definition) is 1. The molecule has 1 nitrogen and oxygen atoms in total. The molecule has 0 amide bonds. The van der Waals surface area contributed by atoms with Crippen LogP contribution in [-0.4, -0.2) is 16.9 Å². The summed E-state index contributed by atoms with van der Waals surface area (Å²) in [5.74, 6) is -1.73. The monoisotopic (exact) mass is 282 g/mol. The summed E-state index contributed by atoms with van der Waals surface area (Å²) in [6.07, 6.45) is -5.51. The molecule has 0 spiro atoms. The molecule has 0 saturated carbocycles. The van der Waals surface area contributed by atoms with Gasteiger partial charge in [0.1, 0.15) is 11.6 Å². The molecule has 0 aliphatic carbocycles. The van der Waals surface area contributed by atoms with Gasteiger partial charge in [0.2, 0.25) is 0 Å². The molecular weight excluding hydrogens is 267 g/mol. The summed E-state index contributed by atoms with van der Waals surface area (Å²) in [5, 5.41) is 9.47. The summed E-state index contributed by atoms with van der Waals surface area (Å²) < 4.78 is 64.1. The van der Waals surface area contributed by atoms with Crippen LogP contribution in [-0.2, 0) is 5.41 Å². The lowest BCUT2D eigenvalue weighted by Crippen LogP contribution is -2.46. The second kappa shape index (κ2) is 4.74. The van der Waals surface area contributed by atoms with E-state index in [4.69, 9.17) is 0 Å². The highest BCUT2D eigenvalue weighted by Gasteiger charge is 2.52. The van der Waals surface area contributed by atoms with Crippen LogP contribution in [0.15, 0.2) is 18.2 Å². The molecule has 1 atom stereocenters. The third-order valence-electron chi connectivity index (χ3n) is 3.04. The second-order valence-electron chi connectivity index (χ2n) is 5.49. The topological polar surface area (TPSA) is 20.2 Å². The molecule has 108 valence electrons. The van der Waals surface area contributed by atoms with Crippen LogP contribution in [0.3, 0.4) is 0 Å². The summed E-state index contributed by atoms with van der Waals surface area (Å²) in [6, 6.07) is 2.58. The van der Waals surface area contributed by atoms with Gasteiger partial charge < -0.3 is 5.11 Å². The van der Waals surface area contributed by atoms with Crippen molar-refractivity contribution in [2.75, 3.05) is 0 Å². The van der Waals surface area contributed by atoms with E-state index >= 15 is 0 Å². The Kier molecular flexibility index (Phi) is 3.96. The van der Waals surface area contributed by atoms with Crippen LogP contribution in [0, 0.1) is 11.6 Å². The van der Waals surface area contributed by atoms with Gasteiger partial charge >= 0.3 is 6.18 Å². The Morgan fingerprint density at radius 2 is 1.37 bits per heavy atom. The van der Waals surface area contributed by atoms with Crippen molar-refractivity contribution in [3.8, 4) is 0 Å². The summed E-state index contributed by atoms with van der Waals surface area (Å²) >= 11 is 0. The fraction of sp³-hybridized carbons (Fsp3) is 0.538. The zero-order valence-corrected chi connectivity index (χ0v) is 10.8. The van der Waals surface area contributed by atoms with E-state index in [0.717, 1.165) is 12.1 Å². The molecule has 0 aliphatic heterocycles. The first-order chi connectivity index (χ1) is 8.35. The maximum absolute atomic E-state index is 13.1. The predicted molar refractivity (Wildman–Crippen MR) is 60.7 cm³/mol. The van der Waals surface area contributed by atoms with E-state index in [1.807, 2.05) is 0 Å². The number of alkyl halides is 3. The molecule has 1 rings (SSSR count). The first-order valence-electron chi connectivity index (χ1n) is 5.61. The molecule has 0 heterocycles. The highest BCUT2D eigenvalue weighted by Crippen LogP contribution is 2.40. The van der Waals surface area contributed by atoms with E-state index in [2.05, 4.69) is 0 Å². The molecule has 0 fully saturated rings. The maximum Gasteiger partial charge on any atom is 0.416 e. The summed E-state index contributed by atoms with van der Waals surface area (Å²) in [5.41, 5.74) is -4.10. The molecule has 1 aromatic carbocycles. The molecule has 0 aromatic heterocycles. The number of hydrogen-bond donors (Lipinski definition) is 1. The predicted octanol–water partition coefficient (Wildman–Crippen LogP) is 3.95. The lowest BCUT2D eigenvalue weighted by molar-refractivity contribution is -0.259. The van der Waals surface area contributed by atoms with Crippen molar-refractivity contribution in [1.82, 2.24) is 0 Å². The van der Waals surface area contributed by atoms with Crippen molar-refractivity contribution in [2.24, 2.45) is 0 Å². The van der Waals surface area contributed by atoms with Gasteiger partial charge in [-0.2, -0.15) is 13.2 Å². The lowest BCUT2D eigenvalue weighted by Gasteiger charge is -2.35. The molecule has 1 unspecified atom stereocenters. The smallest absolute Gasteiger partial charge is 0.381 e. The average Bonchev–Trinajstić information content (AvgIpc) is 2.12. The van der Waals surface area contributed by atoms with Crippen LogP contribution in [0.25, 0.3) is 0 Å². The molecule has 1 N–H and O–H groups in total. The minimum absolute atomic E-state index is 0.0644. The fourth-order valence-electron chi connectivity index (χ4n) is 2.01. The third kappa shape index (κ3) is 3.65. The van der Waals surface area contributed by atoms with Crippen LogP contribution in [0.2, 0.25) is 0 Å². The second-order valence-corrected chi connectivity index (χ2v) is 5.49. The number of rotatable bonds is 3. The van der Waals surface area contributed by atoms with Crippen molar-refractivity contribution >= 4 is 0 Å². The van der Waals surface area contributed by atoms with Crippen LogP contribution >= 0.6 is 0 Å². The van der Waals surface area contributed by atoms with E-state index in [1.54, 1.807) is 0 Å². The minimum Gasteiger partial charge on any atom is -0.381 e. The molecule has 0 saturated heterocycles. The molecule has 6 heteroatoms. The van der Waals surface area contributed by atoms with Crippen molar-refractivity contribution < 1.29 is 27.1 Å². The van der Waals surface area contributed by atoms with Gasteiger partial charge in [-0.3, -0.25) is 0 Å². The van der Waals surface area contributed by atoms with Gasteiger partial charge in [-0.05, 0) is 36.5 Å². The van der Waals surface area contributed by atoms with Gasteiger partial charge in [0, 0.05) is 6.07 Å².